The Hall–Kier alpha value is -1.95. The van der Waals surface area contributed by atoms with E-state index in [4.69, 9.17) is 0 Å². The van der Waals surface area contributed by atoms with Gasteiger partial charge in [-0.05, 0) is 18.6 Å². The van der Waals surface area contributed by atoms with Gasteiger partial charge in [-0.25, -0.2) is 0 Å². The highest BCUT2D eigenvalue weighted by molar-refractivity contribution is 5.89. The van der Waals surface area contributed by atoms with Crippen molar-refractivity contribution in [2.24, 2.45) is 5.41 Å². The van der Waals surface area contributed by atoms with Gasteiger partial charge in [0.25, 0.3) is 0 Å². The average Bonchev–Trinajstić information content (AvgIpc) is 2.55. The molecule has 1 aliphatic heterocycles. The van der Waals surface area contributed by atoms with E-state index in [1.807, 2.05) is 37.9 Å². The van der Waals surface area contributed by atoms with Crippen LogP contribution in [0, 0.1) is 5.41 Å². The fourth-order valence-electron chi connectivity index (χ4n) is 2.62. The number of pyridine rings is 1. The zero-order chi connectivity index (χ0) is 17.7. The number of carbonyl (C=O) groups is 2. The Bertz CT molecular complexity index is 560. The molecule has 0 spiro atoms. The smallest absolute Gasteiger partial charge is 0.244 e. The summed E-state index contributed by atoms with van der Waals surface area (Å²) in [5.41, 5.74) is 0.694. The number of rotatable bonds is 4. The van der Waals surface area contributed by atoms with Crippen molar-refractivity contribution in [1.29, 1.82) is 0 Å². The van der Waals surface area contributed by atoms with Crippen LogP contribution >= 0.6 is 0 Å². The minimum absolute atomic E-state index is 0.00590. The molecule has 0 radical (unpaired) electrons. The molecule has 0 bridgehead atoms. The molecular formula is C18H28N4O2. The van der Waals surface area contributed by atoms with Gasteiger partial charge >= 0.3 is 0 Å². The third-order valence-electron chi connectivity index (χ3n) is 4.21. The van der Waals surface area contributed by atoms with Crippen molar-refractivity contribution in [1.82, 2.24) is 20.1 Å². The van der Waals surface area contributed by atoms with Gasteiger partial charge in [0.1, 0.15) is 6.04 Å². The fourth-order valence-corrected chi connectivity index (χ4v) is 2.62. The molecule has 132 valence electrons. The van der Waals surface area contributed by atoms with Crippen molar-refractivity contribution in [3.63, 3.8) is 0 Å². The first-order valence-corrected chi connectivity index (χ1v) is 8.48. The van der Waals surface area contributed by atoms with Crippen molar-refractivity contribution in [3.8, 4) is 0 Å². The number of piperazine rings is 1. The minimum atomic E-state index is -0.489. The fraction of sp³-hybridized carbons (Fsp3) is 0.611. The summed E-state index contributed by atoms with van der Waals surface area (Å²) in [6, 6.07) is 3.52. The number of hydrogen-bond donors (Lipinski definition) is 1. The summed E-state index contributed by atoms with van der Waals surface area (Å²) < 4.78 is 0. The Kier molecular flexibility index (Phi) is 5.94. The zero-order valence-corrected chi connectivity index (χ0v) is 15.1. The Labute approximate surface area is 144 Å². The first-order valence-electron chi connectivity index (χ1n) is 8.48. The molecule has 2 heterocycles. The predicted octanol–water partition coefficient (Wildman–Crippen LogP) is 1.28. The molecule has 1 aliphatic rings. The van der Waals surface area contributed by atoms with E-state index in [1.165, 1.54) is 5.56 Å². The first-order chi connectivity index (χ1) is 11.3. The molecule has 1 aromatic rings. The second-order valence-corrected chi connectivity index (χ2v) is 7.41. The van der Waals surface area contributed by atoms with Crippen molar-refractivity contribution in [3.05, 3.63) is 30.1 Å². The van der Waals surface area contributed by atoms with Crippen molar-refractivity contribution < 1.29 is 9.59 Å². The summed E-state index contributed by atoms with van der Waals surface area (Å²) in [6.45, 7) is 11.2. The van der Waals surface area contributed by atoms with Crippen LogP contribution in [-0.2, 0) is 16.1 Å². The predicted molar refractivity (Wildman–Crippen MR) is 93.2 cm³/mol. The van der Waals surface area contributed by atoms with Crippen LogP contribution in [-0.4, -0.2) is 58.8 Å². The lowest BCUT2D eigenvalue weighted by Gasteiger charge is -2.36. The van der Waals surface area contributed by atoms with Gasteiger partial charge in [0, 0.05) is 50.5 Å². The van der Waals surface area contributed by atoms with Gasteiger partial charge in [-0.2, -0.15) is 0 Å². The maximum Gasteiger partial charge on any atom is 0.244 e. The molecule has 1 fully saturated rings. The summed E-state index contributed by atoms with van der Waals surface area (Å²) in [4.78, 5) is 32.8. The molecule has 6 heteroatoms. The Morgan fingerprint density at radius 1 is 1.25 bits per heavy atom. The van der Waals surface area contributed by atoms with E-state index in [0.717, 1.165) is 19.6 Å². The van der Waals surface area contributed by atoms with Gasteiger partial charge in [0.15, 0.2) is 0 Å². The van der Waals surface area contributed by atoms with Crippen LogP contribution in [0.15, 0.2) is 24.5 Å². The average molecular weight is 332 g/mol. The highest BCUT2D eigenvalue weighted by Gasteiger charge is 2.29. The molecule has 1 unspecified atom stereocenters. The lowest BCUT2D eigenvalue weighted by Crippen LogP contribution is -2.54. The molecule has 2 rings (SSSR count). The maximum atomic E-state index is 12.5. The van der Waals surface area contributed by atoms with Gasteiger partial charge in [-0.1, -0.05) is 26.8 Å². The minimum Gasteiger partial charge on any atom is -0.344 e. The number of carbonyl (C=O) groups excluding carboxylic acids is 2. The van der Waals surface area contributed by atoms with Gasteiger partial charge in [0.2, 0.25) is 11.8 Å². The van der Waals surface area contributed by atoms with Crippen molar-refractivity contribution >= 4 is 11.8 Å². The Morgan fingerprint density at radius 3 is 2.46 bits per heavy atom. The summed E-state index contributed by atoms with van der Waals surface area (Å²) in [5.74, 6) is -0.104. The second kappa shape index (κ2) is 7.75. The molecule has 24 heavy (non-hydrogen) atoms. The van der Waals surface area contributed by atoms with E-state index in [-0.39, 0.29) is 11.8 Å². The van der Waals surface area contributed by atoms with Crippen LogP contribution in [0.4, 0.5) is 0 Å². The first kappa shape index (κ1) is 18.4. The quantitative estimate of drug-likeness (QED) is 0.902. The van der Waals surface area contributed by atoms with Gasteiger partial charge in [0.05, 0.1) is 0 Å². The van der Waals surface area contributed by atoms with Crippen LogP contribution < -0.4 is 5.32 Å². The number of nitrogens with one attached hydrogen (secondary N) is 1. The van der Waals surface area contributed by atoms with E-state index in [9.17, 15) is 9.59 Å². The Balaban J connectivity index is 1.81. The van der Waals surface area contributed by atoms with Crippen molar-refractivity contribution in [2.45, 2.75) is 40.3 Å². The van der Waals surface area contributed by atoms with Gasteiger partial charge in [-0.3, -0.25) is 19.5 Å². The molecule has 1 atom stereocenters. The van der Waals surface area contributed by atoms with E-state index < -0.39 is 11.5 Å². The third-order valence-corrected chi connectivity index (χ3v) is 4.21. The van der Waals surface area contributed by atoms with Crippen LogP contribution in [0.3, 0.4) is 0 Å². The highest BCUT2D eigenvalue weighted by Crippen LogP contribution is 2.14. The lowest BCUT2D eigenvalue weighted by atomic mass is 9.95. The molecule has 2 amide bonds. The molecule has 1 saturated heterocycles. The number of nitrogens with zero attached hydrogens (tertiary/aromatic N) is 3. The normalized spacial score (nSPS) is 17.4. The van der Waals surface area contributed by atoms with Crippen LogP contribution in [0.1, 0.15) is 33.3 Å². The number of amides is 2. The molecule has 6 nitrogen and oxygen atoms in total. The SMILES string of the molecule is CC(NC(=O)C(C)(C)C)C(=O)N1CCN(Cc2cccnc2)CC1. The van der Waals surface area contributed by atoms with E-state index >= 15 is 0 Å². The van der Waals surface area contributed by atoms with E-state index in [0.29, 0.717) is 13.1 Å². The largest absolute Gasteiger partial charge is 0.344 e. The van der Waals surface area contributed by atoms with Gasteiger partial charge in [-0.15, -0.1) is 0 Å². The zero-order valence-electron chi connectivity index (χ0n) is 15.1. The summed E-state index contributed by atoms with van der Waals surface area (Å²) >= 11 is 0. The topological polar surface area (TPSA) is 65.5 Å². The lowest BCUT2D eigenvalue weighted by molar-refractivity contribution is -0.139. The molecule has 0 aromatic carbocycles. The van der Waals surface area contributed by atoms with Crippen LogP contribution in [0.2, 0.25) is 0 Å². The second-order valence-electron chi connectivity index (χ2n) is 7.41. The third kappa shape index (κ3) is 5.03. The highest BCUT2D eigenvalue weighted by atomic mass is 16.2. The molecule has 0 aliphatic carbocycles. The maximum absolute atomic E-state index is 12.5. The summed E-state index contributed by atoms with van der Waals surface area (Å²) in [7, 11) is 0. The molecular weight excluding hydrogens is 304 g/mol. The van der Waals surface area contributed by atoms with Crippen molar-refractivity contribution in [2.75, 3.05) is 26.2 Å². The van der Waals surface area contributed by atoms with Crippen LogP contribution in [0.5, 0.6) is 0 Å². The Morgan fingerprint density at radius 2 is 1.92 bits per heavy atom. The van der Waals surface area contributed by atoms with Gasteiger partial charge < -0.3 is 10.2 Å². The summed E-state index contributed by atoms with van der Waals surface area (Å²) in [6.07, 6.45) is 3.65. The number of aromatic nitrogens is 1. The molecule has 1 aromatic heterocycles. The number of hydrogen-bond acceptors (Lipinski definition) is 4. The van der Waals surface area contributed by atoms with E-state index in [1.54, 1.807) is 13.1 Å². The molecule has 0 saturated carbocycles. The summed E-state index contributed by atoms with van der Waals surface area (Å²) in [5, 5.41) is 2.82. The monoisotopic (exact) mass is 332 g/mol. The standard InChI is InChI=1S/C18H28N4O2/c1-14(20-17(24)18(2,3)4)16(23)22-10-8-21(9-11-22)13-15-6-5-7-19-12-15/h5-7,12,14H,8-11,13H2,1-4H3,(H,20,24). The molecule has 1 N–H and O–H groups in total. The van der Waals surface area contributed by atoms with Crippen LogP contribution in [0.25, 0.3) is 0 Å². The van der Waals surface area contributed by atoms with E-state index in [2.05, 4.69) is 21.3 Å².